The number of carbonyl (C=O) groups excluding carboxylic acids is 1. The van der Waals surface area contributed by atoms with Gasteiger partial charge < -0.3 is 10.0 Å². The van der Waals surface area contributed by atoms with Crippen LogP contribution in [0.5, 0.6) is 0 Å². The monoisotopic (exact) mass is 305 g/mol. The van der Waals surface area contributed by atoms with E-state index in [0.29, 0.717) is 12.3 Å². The number of aliphatic hydroxyl groups excluding tert-OH is 1. The van der Waals surface area contributed by atoms with Crippen LogP contribution in [-0.4, -0.2) is 40.9 Å². The van der Waals surface area contributed by atoms with E-state index < -0.39 is 0 Å². The number of hydrogen-bond acceptors (Lipinski definition) is 4. The minimum Gasteiger partial charge on any atom is -0.391 e. The molecule has 1 saturated heterocycles. The second kappa shape index (κ2) is 6.80. The number of likely N-dealkylation sites (tertiary alicyclic amines) is 1. The Kier molecular flexibility index (Phi) is 5.36. The molecule has 0 radical (unpaired) electrons. The van der Waals surface area contributed by atoms with Gasteiger partial charge in [-0.15, -0.1) is 23.1 Å². The van der Waals surface area contributed by atoms with E-state index in [1.54, 1.807) is 28.0 Å². The van der Waals surface area contributed by atoms with Gasteiger partial charge in [-0.25, -0.2) is 0 Å². The van der Waals surface area contributed by atoms with Crippen molar-refractivity contribution in [3.05, 3.63) is 21.3 Å². The number of β-amino-alcohol motifs (C(OH)–C–C–N with tert-alkyl or cyclic N) is 1. The average Bonchev–Trinajstić information content (AvgIpc) is 2.75. The molecule has 1 aliphatic rings. The van der Waals surface area contributed by atoms with Crippen molar-refractivity contribution in [2.75, 3.05) is 18.8 Å². The van der Waals surface area contributed by atoms with E-state index in [4.69, 9.17) is 11.6 Å². The molecule has 0 aliphatic carbocycles. The molecule has 18 heavy (non-hydrogen) atoms. The van der Waals surface area contributed by atoms with E-state index in [0.717, 1.165) is 29.5 Å². The van der Waals surface area contributed by atoms with E-state index in [-0.39, 0.29) is 12.0 Å². The molecule has 100 valence electrons. The summed E-state index contributed by atoms with van der Waals surface area (Å²) >= 11 is 9.00. The topological polar surface area (TPSA) is 40.5 Å². The lowest BCUT2D eigenvalue weighted by molar-refractivity contribution is -0.131. The van der Waals surface area contributed by atoms with E-state index >= 15 is 0 Å². The molecular weight excluding hydrogens is 290 g/mol. The van der Waals surface area contributed by atoms with Crippen molar-refractivity contribution < 1.29 is 9.90 Å². The number of thiophene rings is 1. The van der Waals surface area contributed by atoms with Gasteiger partial charge in [0.25, 0.3) is 0 Å². The predicted octanol–water partition coefficient (Wildman–Crippen LogP) is 2.62. The molecule has 1 aliphatic heterocycles. The molecule has 1 fully saturated rings. The van der Waals surface area contributed by atoms with Gasteiger partial charge in [0.2, 0.25) is 5.91 Å². The summed E-state index contributed by atoms with van der Waals surface area (Å²) < 4.78 is 0.788. The third-order valence-electron chi connectivity index (χ3n) is 2.85. The quantitative estimate of drug-likeness (QED) is 0.929. The van der Waals surface area contributed by atoms with Crippen LogP contribution in [0.4, 0.5) is 0 Å². The molecule has 1 amide bonds. The van der Waals surface area contributed by atoms with Crippen molar-refractivity contribution in [2.45, 2.75) is 24.7 Å². The predicted molar refractivity (Wildman–Crippen MR) is 77.3 cm³/mol. The Morgan fingerprint density at radius 2 is 2.44 bits per heavy atom. The van der Waals surface area contributed by atoms with Crippen LogP contribution in [0.25, 0.3) is 0 Å². The zero-order valence-corrected chi connectivity index (χ0v) is 12.4. The molecule has 0 aromatic carbocycles. The first-order valence-electron chi connectivity index (χ1n) is 5.93. The minimum absolute atomic E-state index is 0.126. The van der Waals surface area contributed by atoms with Crippen LogP contribution in [0.15, 0.2) is 12.1 Å². The molecule has 1 aromatic rings. The first-order valence-corrected chi connectivity index (χ1v) is 8.28. The van der Waals surface area contributed by atoms with Crippen molar-refractivity contribution in [1.82, 2.24) is 4.90 Å². The Bertz CT molecular complexity index is 411. The third kappa shape index (κ3) is 4.16. The zero-order valence-electron chi connectivity index (χ0n) is 9.97. The van der Waals surface area contributed by atoms with E-state index in [1.807, 2.05) is 12.1 Å². The van der Waals surface area contributed by atoms with Crippen LogP contribution in [0.2, 0.25) is 4.34 Å². The normalized spacial score (nSPS) is 20.1. The van der Waals surface area contributed by atoms with Gasteiger partial charge in [-0.2, -0.15) is 0 Å². The lowest BCUT2D eigenvalue weighted by atomic mass is 10.1. The number of nitrogens with zero attached hydrogens (tertiary/aromatic N) is 1. The fraction of sp³-hybridized carbons (Fsp3) is 0.583. The summed E-state index contributed by atoms with van der Waals surface area (Å²) in [6, 6.07) is 3.88. The number of thioether (sulfide) groups is 1. The van der Waals surface area contributed by atoms with Crippen molar-refractivity contribution in [1.29, 1.82) is 0 Å². The molecular formula is C12H16ClNO2S2. The largest absolute Gasteiger partial charge is 0.391 e. The van der Waals surface area contributed by atoms with Gasteiger partial charge >= 0.3 is 0 Å². The summed E-state index contributed by atoms with van der Waals surface area (Å²) in [6.07, 6.45) is 1.37. The Balaban J connectivity index is 1.71. The molecule has 1 N–H and O–H groups in total. The van der Waals surface area contributed by atoms with Crippen LogP contribution >= 0.6 is 34.7 Å². The highest BCUT2D eigenvalue weighted by Crippen LogP contribution is 2.25. The Morgan fingerprint density at radius 1 is 1.61 bits per heavy atom. The average molecular weight is 306 g/mol. The fourth-order valence-corrected chi connectivity index (χ4v) is 4.07. The van der Waals surface area contributed by atoms with Gasteiger partial charge in [0, 0.05) is 23.7 Å². The standard InChI is InChI=1S/C12H16ClNO2S2/c13-11-4-3-10(18-11)7-17-8-12(16)14-5-1-2-9(15)6-14/h3-4,9,15H,1-2,5-8H2. The van der Waals surface area contributed by atoms with Gasteiger partial charge in [0.1, 0.15) is 0 Å². The molecule has 0 saturated carbocycles. The van der Waals surface area contributed by atoms with Crippen molar-refractivity contribution >= 4 is 40.6 Å². The highest BCUT2D eigenvalue weighted by molar-refractivity contribution is 7.99. The number of hydrogen-bond donors (Lipinski definition) is 1. The molecule has 0 spiro atoms. The Hall–Kier alpha value is -0.230. The number of aliphatic hydroxyl groups is 1. The Morgan fingerprint density at radius 3 is 3.11 bits per heavy atom. The SMILES string of the molecule is O=C(CSCc1ccc(Cl)s1)N1CCCC(O)C1. The minimum atomic E-state index is -0.344. The van der Waals surface area contributed by atoms with Crippen molar-refractivity contribution in [3.8, 4) is 0 Å². The van der Waals surface area contributed by atoms with E-state index in [1.165, 1.54) is 4.88 Å². The number of halogens is 1. The highest BCUT2D eigenvalue weighted by Gasteiger charge is 2.21. The van der Waals surface area contributed by atoms with Crippen LogP contribution in [0, 0.1) is 0 Å². The lowest BCUT2D eigenvalue weighted by Gasteiger charge is -2.30. The van der Waals surface area contributed by atoms with Gasteiger partial charge in [-0.1, -0.05) is 11.6 Å². The molecule has 2 heterocycles. The summed E-state index contributed by atoms with van der Waals surface area (Å²) in [5, 5.41) is 9.52. The number of piperidine rings is 1. The van der Waals surface area contributed by atoms with Crippen LogP contribution in [0.1, 0.15) is 17.7 Å². The number of carbonyl (C=O) groups is 1. The van der Waals surface area contributed by atoms with Crippen LogP contribution < -0.4 is 0 Å². The van der Waals surface area contributed by atoms with Crippen LogP contribution in [0.3, 0.4) is 0 Å². The Labute approximate surface area is 120 Å². The maximum absolute atomic E-state index is 11.9. The first-order chi connectivity index (χ1) is 8.65. The van der Waals surface area contributed by atoms with Gasteiger partial charge in [0.15, 0.2) is 0 Å². The number of amides is 1. The first kappa shape index (κ1) is 14.2. The highest BCUT2D eigenvalue weighted by atomic mass is 35.5. The molecule has 1 aromatic heterocycles. The lowest BCUT2D eigenvalue weighted by Crippen LogP contribution is -2.43. The second-order valence-corrected chi connectivity index (χ2v) is 7.12. The molecule has 3 nitrogen and oxygen atoms in total. The number of rotatable bonds is 4. The van der Waals surface area contributed by atoms with Gasteiger partial charge in [0.05, 0.1) is 16.2 Å². The maximum atomic E-state index is 11.9. The van der Waals surface area contributed by atoms with E-state index in [2.05, 4.69) is 0 Å². The summed E-state index contributed by atoms with van der Waals surface area (Å²) in [4.78, 5) is 14.9. The molecule has 1 atom stereocenters. The molecule has 2 rings (SSSR count). The maximum Gasteiger partial charge on any atom is 0.232 e. The zero-order chi connectivity index (χ0) is 13.0. The van der Waals surface area contributed by atoms with E-state index in [9.17, 15) is 9.90 Å². The molecule has 0 bridgehead atoms. The third-order valence-corrected chi connectivity index (χ3v) is 5.23. The summed E-state index contributed by atoms with van der Waals surface area (Å²) in [5.41, 5.74) is 0. The summed E-state index contributed by atoms with van der Waals surface area (Å²) in [7, 11) is 0. The van der Waals surface area contributed by atoms with Crippen LogP contribution in [-0.2, 0) is 10.5 Å². The summed E-state index contributed by atoms with van der Waals surface area (Å²) in [6.45, 7) is 1.27. The van der Waals surface area contributed by atoms with Crippen molar-refractivity contribution in [2.24, 2.45) is 0 Å². The summed E-state index contributed by atoms with van der Waals surface area (Å²) in [5.74, 6) is 1.42. The fourth-order valence-electron chi connectivity index (χ4n) is 1.94. The molecule has 6 heteroatoms. The van der Waals surface area contributed by atoms with Crippen molar-refractivity contribution in [3.63, 3.8) is 0 Å². The van der Waals surface area contributed by atoms with Gasteiger partial charge in [-0.3, -0.25) is 4.79 Å². The smallest absolute Gasteiger partial charge is 0.232 e. The second-order valence-electron chi connectivity index (χ2n) is 4.33. The van der Waals surface area contributed by atoms with Gasteiger partial charge in [-0.05, 0) is 25.0 Å². The molecule has 1 unspecified atom stereocenters.